The summed E-state index contributed by atoms with van der Waals surface area (Å²) in [7, 11) is 0. The molecule has 1 atom stereocenters. The molecule has 0 saturated carbocycles. The van der Waals surface area contributed by atoms with Crippen LogP contribution in [0, 0.1) is 5.92 Å². The van der Waals surface area contributed by atoms with E-state index in [0.29, 0.717) is 19.3 Å². The maximum Gasteiger partial charge on any atom is 0.135 e. The molecule has 0 heterocycles. The molecule has 0 N–H and O–H groups in total. The van der Waals surface area contributed by atoms with Crippen molar-refractivity contribution in [3.05, 3.63) is 0 Å². The summed E-state index contributed by atoms with van der Waals surface area (Å²) in [4.78, 5) is 21.6. The Morgan fingerprint density at radius 2 is 1.91 bits per heavy atom. The van der Waals surface area contributed by atoms with E-state index in [9.17, 15) is 9.59 Å². The Hall–Kier alpha value is -0.660. The third-order valence-corrected chi connectivity index (χ3v) is 1.83. The van der Waals surface area contributed by atoms with Crippen LogP contribution in [0.5, 0.6) is 0 Å². The summed E-state index contributed by atoms with van der Waals surface area (Å²) >= 11 is 0. The highest BCUT2D eigenvalue weighted by atomic mass is 16.1. The molecule has 0 aromatic carbocycles. The van der Waals surface area contributed by atoms with Crippen LogP contribution in [0.25, 0.3) is 0 Å². The average molecular weight is 156 g/mol. The van der Waals surface area contributed by atoms with Gasteiger partial charge in [-0.2, -0.15) is 0 Å². The van der Waals surface area contributed by atoms with Gasteiger partial charge >= 0.3 is 0 Å². The van der Waals surface area contributed by atoms with Gasteiger partial charge < -0.3 is 4.79 Å². The van der Waals surface area contributed by atoms with Gasteiger partial charge in [0, 0.05) is 18.8 Å². The van der Waals surface area contributed by atoms with Crippen molar-refractivity contribution >= 4 is 11.6 Å². The maximum absolute atomic E-state index is 11.0. The molecule has 0 radical (unpaired) electrons. The average Bonchev–Trinajstić information content (AvgIpc) is 1.98. The van der Waals surface area contributed by atoms with Gasteiger partial charge in [-0.1, -0.05) is 13.8 Å². The molecule has 0 fully saturated rings. The number of carbonyl (C=O) groups excluding carboxylic acids is 2. The van der Waals surface area contributed by atoms with Crippen molar-refractivity contribution < 1.29 is 9.59 Å². The summed E-state index contributed by atoms with van der Waals surface area (Å²) in [5.74, 6) is 0.482. The van der Waals surface area contributed by atoms with Gasteiger partial charge in [-0.05, 0) is 13.3 Å². The zero-order valence-electron chi connectivity index (χ0n) is 7.52. The van der Waals surface area contributed by atoms with Gasteiger partial charge in [-0.3, -0.25) is 4.79 Å². The molecule has 0 amide bonds. The number of Topliss-reactive ketones (excluding diaryl/α,β-unsaturated/α-hetero) is 2. The zero-order chi connectivity index (χ0) is 8.85. The molecule has 2 heteroatoms. The minimum atomic E-state index is 0.0592. The Morgan fingerprint density at radius 3 is 2.27 bits per heavy atom. The molecule has 0 aromatic rings. The van der Waals surface area contributed by atoms with E-state index in [1.165, 1.54) is 0 Å². The highest BCUT2D eigenvalue weighted by Crippen LogP contribution is 2.08. The molecule has 1 unspecified atom stereocenters. The second kappa shape index (κ2) is 5.05. The van der Waals surface area contributed by atoms with Crippen molar-refractivity contribution in [1.82, 2.24) is 0 Å². The van der Waals surface area contributed by atoms with E-state index in [-0.39, 0.29) is 17.5 Å². The molecule has 0 aliphatic carbocycles. The van der Waals surface area contributed by atoms with Gasteiger partial charge in [0.25, 0.3) is 0 Å². The first kappa shape index (κ1) is 10.3. The van der Waals surface area contributed by atoms with Gasteiger partial charge in [0.05, 0.1) is 0 Å². The normalized spacial score (nSPS) is 12.6. The first-order valence-corrected chi connectivity index (χ1v) is 4.10. The van der Waals surface area contributed by atoms with E-state index >= 15 is 0 Å². The third-order valence-electron chi connectivity index (χ3n) is 1.83. The third kappa shape index (κ3) is 4.71. The SMILES string of the molecule is CCC(=O)C(C)CCC(C)=O. The van der Waals surface area contributed by atoms with Crippen LogP contribution in [0.15, 0.2) is 0 Å². The van der Waals surface area contributed by atoms with Crippen molar-refractivity contribution in [2.24, 2.45) is 5.92 Å². The fourth-order valence-corrected chi connectivity index (χ4v) is 0.929. The monoisotopic (exact) mass is 156 g/mol. The summed E-state index contributed by atoms with van der Waals surface area (Å²) in [6, 6.07) is 0. The molecule has 0 rings (SSSR count). The van der Waals surface area contributed by atoms with Crippen molar-refractivity contribution in [1.29, 1.82) is 0 Å². The fourth-order valence-electron chi connectivity index (χ4n) is 0.929. The summed E-state index contributed by atoms with van der Waals surface area (Å²) in [5, 5.41) is 0. The molecular weight excluding hydrogens is 140 g/mol. The largest absolute Gasteiger partial charge is 0.300 e. The molecular formula is C9H16O2. The van der Waals surface area contributed by atoms with Crippen LogP contribution in [-0.2, 0) is 9.59 Å². The first-order valence-electron chi connectivity index (χ1n) is 4.10. The highest BCUT2D eigenvalue weighted by Gasteiger charge is 2.10. The van der Waals surface area contributed by atoms with E-state index in [1.807, 2.05) is 13.8 Å². The van der Waals surface area contributed by atoms with Crippen LogP contribution in [0.4, 0.5) is 0 Å². The van der Waals surface area contributed by atoms with Gasteiger partial charge in [-0.15, -0.1) is 0 Å². The Morgan fingerprint density at radius 1 is 1.36 bits per heavy atom. The van der Waals surface area contributed by atoms with E-state index in [1.54, 1.807) is 6.92 Å². The lowest BCUT2D eigenvalue weighted by atomic mass is 9.98. The van der Waals surface area contributed by atoms with Crippen LogP contribution in [0.1, 0.15) is 40.0 Å². The van der Waals surface area contributed by atoms with E-state index in [4.69, 9.17) is 0 Å². The van der Waals surface area contributed by atoms with Crippen LogP contribution in [-0.4, -0.2) is 11.6 Å². The number of hydrogen-bond donors (Lipinski definition) is 0. The maximum atomic E-state index is 11.0. The van der Waals surface area contributed by atoms with Gasteiger partial charge in [0.2, 0.25) is 0 Å². The predicted molar refractivity (Wildman–Crippen MR) is 44.4 cm³/mol. The van der Waals surface area contributed by atoms with Crippen molar-refractivity contribution in [3.63, 3.8) is 0 Å². The summed E-state index contributed by atoms with van der Waals surface area (Å²) in [6.07, 6.45) is 1.83. The van der Waals surface area contributed by atoms with Crippen LogP contribution < -0.4 is 0 Å². The standard InChI is InChI=1S/C9H16O2/c1-4-9(11)7(2)5-6-8(3)10/h7H,4-6H2,1-3H3. The van der Waals surface area contributed by atoms with Crippen LogP contribution in [0.3, 0.4) is 0 Å². The number of ketones is 2. The van der Waals surface area contributed by atoms with Crippen LogP contribution in [0.2, 0.25) is 0 Å². The molecule has 2 nitrogen and oxygen atoms in total. The minimum absolute atomic E-state index is 0.0592. The molecule has 0 saturated heterocycles. The molecule has 0 aliphatic rings. The summed E-state index contributed by atoms with van der Waals surface area (Å²) in [6.45, 7) is 5.30. The Balaban J connectivity index is 3.60. The lowest BCUT2D eigenvalue weighted by molar-refractivity contribution is -0.122. The second-order valence-corrected chi connectivity index (χ2v) is 2.96. The first-order chi connectivity index (χ1) is 5.07. The number of rotatable bonds is 5. The van der Waals surface area contributed by atoms with Crippen LogP contribution >= 0.6 is 0 Å². The number of hydrogen-bond acceptors (Lipinski definition) is 2. The lowest BCUT2D eigenvalue weighted by Gasteiger charge is -2.05. The molecule has 64 valence electrons. The second-order valence-electron chi connectivity index (χ2n) is 2.96. The topological polar surface area (TPSA) is 34.1 Å². The van der Waals surface area contributed by atoms with Crippen molar-refractivity contribution in [2.45, 2.75) is 40.0 Å². The Labute approximate surface area is 68.0 Å². The Bertz CT molecular complexity index is 150. The molecule has 0 spiro atoms. The zero-order valence-corrected chi connectivity index (χ0v) is 7.52. The minimum Gasteiger partial charge on any atom is -0.300 e. The van der Waals surface area contributed by atoms with E-state index in [2.05, 4.69) is 0 Å². The number of carbonyl (C=O) groups is 2. The van der Waals surface area contributed by atoms with Gasteiger partial charge in [0.1, 0.15) is 11.6 Å². The van der Waals surface area contributed by atoms with E-state index in [0.717, 1.165) is 0 Å². The lowest BCUT2D eigenvalue weighted by Crippen LogP contribution is -2.10. The van der Waals surface area contributed by atoms with Gasteiger partial charge in [0.15, 0.2) is 0 Å². The smallest absolute Gasteiger partial charge is 0.135 e. The van der Waals surface area contributed by atoms with E-state index < -0.39 is 0 Å². The van der Waals surface area contributed by atoms with Gasteiger partial charge in [-0.25, -0.2) is 0 Å². The highest BCUT2D eigenvalue weighted by molar-refractivity contribution is 5.81. The van der Waals surface area contributed by atoms with Crippen molar-refractivity contribution in [2.75, 3.05) is 0 Å². The molecule has 11 heavy (non-hydrogen) atoms. The summed E-state index contributed by atoms with van der Waals surface area (Å²) < 4.78 is 0. The summed E-state index contributed by atoms with van der Waals surface area (Å²) in [5.41, 5.74) is 0. The molecule has 0 aliphatic heterocycles. The molecule has 0 aromatic heterocycles. The predicted octanol–water partition coefficient (Wildman–Crippen LogP) is 1.97. The fraction of sp³-hybridized carbons (Fsp3) is 0.778. The molecule has 0 bridgehead atoms. The van der Waals surface area contributed by atoms with Crippen molar-refractivity contribution in [3.8, 4) is 0 Å². The Kier molecular flexibility index (Phi) is 4.75. The quantitative estimate of drug-likeness (QED) is 0.609.